The number of aryl methyl sites for hydroxylation is 1. The summed E-state index contributed by atoms with van der Waals surface area (Å²) in [5.74, 6) is -1.17. The zero-order valence-corrected chi connectivity index (χ0v) is 22.2. The third-order valence-electron chi connectivity index (χ3n) is 7.55. The van der Waals surface area contributed by atoms with E-state index in [2.05, 4.69) is 26.8 Å². The molecule has 0 spiro atoms. The maximum atomic E-state index is 12.5. The largest absolute Gasteiger partial charge is 0.478 e. The maximum Gasteiger partial charge on any atom is 0.336 e. The number of carboxylic acids is 2. The van der Waals surface area contributed by atoms with Crippen molar-refractivity contribution in [3.63, 3.8) is 0 Å². The van der Waals surface area contributed by atoms with E-state index in [9.17, 15) is 19.8 Å². The molecule has 0 radical (unpaired) electrons. The highest BCUT2D eigenvalue weighted by Gasteiger charge is 2.30. The van der Waals surface area contributed by atoms with Gasteiger partial charge in [-0.05, 0) is 88.6 Å². The molecule has 1 saturated carbocycles. The van der Waals surface area contributed by atoms with Gasteiger partial charge in [0.15, 0.2) is 0 Å². The Hall–Kier alpha value is -3.40. The second kappa shape index (κ2) is 11.8. The van der Waals surface area contributed by atoms with Crippen molar-refractivity contribution in [1.82, 2.24) is 0 Å². The Morgan fingerprint density at radius 1 is 0.811 bits per heavy atom. The van der Waals surface area contributed by atoms with Gasteiger partial charge in [0.25, 0.3) is 0 Å². The predicted octanol–water partition coefficient (Wildman–Crippen LogP) is 8.62. The van der Waals surface area contributed by atoms with Gasteiger partial charge in [-0.3, -0.25) is 0 Å². The molecule has 1 aliphatic rings. The molecule has 37 heavy (non-hydrogen) atoms. The molecule has 4 rings (SSSR count). The van der Waals surface area contributed by atoms with Crippen LogP contribution in [-0.2, 0) is 12.8 Å². The maximum absolute atomic E-state index is 12.5. The lowest BCUT2D eigenvalue weighted by molar-refractivity contribution is 0.0686. The molecule has 0 saturated heterocycles. The van der Waals surface area contributed by atoms with Crippen molar-refractivity contribution in [2.75, 3.05) is 0 Å². The topological polar surface area (TPSA) is 74.6 Å². The van der Waals surface area contributed by atoms with Crippen LogP contribution in [0.15, 0.2) is 54.6 Å². The van der Waals surface area contributed by atoms with Crippen molar-refractivity contribution in [2.24, 2.45) is 5.92 Å². The van der Waals surface area contributed by atoms with E-state index in [1.165, 1.54) is 17.5 Å². The summed E-state index contributed by atoms with van der Waals surface area (Å²) in [6.07, 6.45) is 8.28. The third kappa shape index (κ3) is 5.64. The van der Waals surface area contributed by atoms with E-state index in [-0.39, 0.29) is 11.1 Å². The first-order valence-corrected chi connectivity index (χ1v) is 13.7. The predicted molar refractivity (Wildman–Crippen MR) is 150 cm³/mol. The van der Waals surface area contributed by atoms with Crippen molar-refractivity contribution in [3.8, 4) is 22.3 Å². The fraction of sp³-hybridized carbons (Fsp3) is 0.394. The number of benzene rings is 3. The van der Waals surface area contributed by atoms with E-state index in [4.69, 9.17) is 0 Å². The van der Waals surface area contributed by atoms with Gasteiger partial charge in [-0.25, -0.2) is 9.59 Å². The number of aromatic carboxylic acids is 2. The fourth-order valence-corrected chi connectivity index (χ4v) is 6.11. The van der Waals surface area contributed by atoms with Crippen LogP contribution in [0.25, 0.3) is 22.3 Å². The zero-order valence-electron chi connectivity index (χ0n) is 22.2. The van der Waals surface area contributed by atoms with Crippen molar-refractivity contribution in [2.45, 2.75) is 78.1 Å². The Kier molecular flexibility index (Phi) is 8.48. The smallest absolute Gasteiger partial charge is 0.336 e. The number of carbonyl (C=O) groups is 2. The van der Waals surface area contributed by atoms with Crippen LogP contribution in [0.1, 0.15) is 103 Å². The standard InChI is InChI=1S/C33H38O4/c1-4-12-23-20-24(19-21(2)3)29(22-13-6-5-7-14-22)31(26-16-9-11-18-28(26)33(36)37)30(23)25-15-8-10-17-27(25)32(34)35/h8-11,15-18,20-22H,4-7,12-14,19H2,1-3H3,(H,34,35)(H,36,37). The van der Waals surface area contributed by atoms with Gasteiger partial charge in [-0.2, -0.15) is 0 Å². The van der Waals surface area contributed by atoms with E-state index in [0.717, 1.165) is 61.6 Å². The van der Waals surface area contributed by atoms with E-state index in [1.54, 1.807) is 24.3 Å². The average molecular weight is 499 g/mol. The summed E-state index contributed by atoms with van der Waals surface area (Å²) < 4.78 is 0. The van der Waals surface area contributed by atoms with Gasteiger partial charge in [-0.15, -0.1) is 0 Å². The van der Waals surface area contributed by atoms with Crippen LogP contribution >= 0.6 is 0 Å². The molecule has 194 valence electrons. The first kappa shape index (κ1) is 26.7. The van der Waals surface area contributed by atoms with E-state index >= 15 is 0 Å². The van der Waals surface area contributed by atoms with Gasteiger partial charge in [-0.1, -0.05) is 88.9 Å². The molecule has 0 aliphatic heterocycles. The Morgan fingerprint density at radius 2 is 1.35 bits per heavy atom. The monoisotopic (exact) mass is 498 g/mol. The molecule has 3 aromatic rings. The lowest BCUT2D eigenvalue weighted by Crippen LogP contribution is -2.15. The van der Waals surface area contributed by atoms with Gasteiger partial charge in [0.1, 0.15) is 0 Å². The van der Waals surface area contributed by atoms with Gasteiger partial charge in [0, 0.05) is 0 Å². The Bertz CT molecular complexity index is 1280. The summed E-state index contributed by atoms with van der Waals surface area (Å²) in [4.78, 5) is 24.9. The normalized spacial score (nSPS) is 14.2. The Morgan fingerprint density at radius 3 is 1.86 bits per heavy atom. The first-order chi connectivity index (χ1) is 17.8. The third-order valence-corrected chi connectivity index (χ3v) is 7.55. The number of carboxylic acid groups (broad SMARTS) is 2. The number of rotatable bonds is 9. The van der Waals surface area contributed by atoms with Gasteiger partial charge >= 0.3 is 11.9 Å². The molecule has 2 N–H and O–H groups in total. The van der Waals surface area contributed by atoms with Crippen molar-refractivity contribution in [1.29, 1.82) is 0 Å². The Labute approximate surface area is 220 Å². The summed E-state index contributed by atoms with van der Waals surface area (Å²) in [6.45, 7) is 6.58. The second-order valence-electron chi connectivity index (χ2n) is 10.7. The molecule has 0 amide bonds. The minimum atomic E-state index is -0.971. The highest BCUT2D eigenvalue weighted by Crippen LogP contribution is 2.48. The zero-order chi connectivity index (χ0) is 26.5. The van der Waals surface area contributed by atoms with Crippen molar-refractivity contribution < 1.29 is 19.8 Å². The number of hydrogen-bond donors (Lipinski definition) is 2. The van der Waals surface area contributed by atoms with Crippen LogP contribution in [0, 0.1) is 5.92 Å². The molecule has 4 heteroatoms. The van der Waals surface area contributed by atoms with Gasteiger partial charge in [0.05, 0.1) is 11.1 Å². The van der Waals surface area contributed by atoms with Crippen LogP contribution in [0.3, 0.4) is 0 Å². The van der Waals surface area contributed by atoms with Crippen molar-refractivity contribution in [3.05, 3.63) is 82.4 Å². The van der Waals surface area contributed by atoms with Crippen molar-refractivity contribution >= 4 is 11.9 Å². The van der Waals surface area contributed by atoms with E-state index in [1.807, 2.05) is 24.3 Å². The molecule has 1 aliphatic carbocycles. The minimum absolute atomic E-state index is 0.250. The summed E-state index contributed by atoms with van der Waals surface area (Å²) in [7, 11) is 0. The SMILES string of the molecule is CCCc1cc(CC(C)C)c(C2CCCCC2)c(-c2ccccc2C(=O)O)c1-c1ccccc1C(=O)O. The highest BCUT2D eigenvalue weighted by molar-refractivity contribution is 6.04. The summed E-state index contributed by atoms with van der Waals surface area (Å²) in [5.41, 5.74) is 7.31. The minimum Gasteiger partial charge on any atom is -0.478 e. The summed E-state index contributed by atoms with van der Waals surface area (Å²) in [5, 5.41) is 20.4. The molecule has 0 atom stereocenters. The number of hydrogen-bond acceptors (Lipinski definition) is 2. The average Bonchev–Trinajstić information content (AvgIpc) is 2.88. The summed E-state index contributed by atoms with van der Waals surface area (Å²) >= 11 is 0. The lowest BCUT2D eigenvalue weighted by atomic mass is 9.72. The van der Waals surface area contributed by atoms with Crippen LogP contribution < -0.4 is 0 Å². The molecule has 4 nitrogen and oxygen atoms in total. The van der Waals surface area contributed by atoms with E-state index < -0.39 is 11.9 Å². The van der Waals surface area contributed by atoms with E-state index in [0.29, 0.717) is 23.0 Å². The molecule has 0 aromatic heterocycles. The van der Waals surface area contributed by atoms with Crippen LogP contribution in [-0.4, -0.2) is 22.2 Å². The fourth-order valence-electron chi connectivity index (χ4n) is 6.11. The first-order valence-electron chi connectivity index (χ1n) is 13.7. The van der Waals surface area contributed by atoms with Crippen LogP contribution in [0.5, 0.6) is 0 Å². The highest BCUT2D eigenvalue weighted by atomic mass is 16.4. The molecular weight excluding hydrogens is 460 g/mol. The molecule has 0 bridgehead atoms. The molecule has 0 unspecified atom stereocenters. The van der Waals surface area contributed by atoms with Gasteiger partial charge in [0.2, 0.25) is 0 Å². The lowest BCUT2D eigenvalue weighted by Gasteiger charge is -2.31. The summed E-state index contributed by atoms with van der Waals surface area (Å²) in [6, 6.07) is 16.7. The molecule has 3 aromatic carbocycles. The van der Waals surface area contributed by atoms with Crippen LogP contribution in [0.2, 0.25) is 0 Å². The molecule has 0 heterocycles. The van der Waals surface area contributed by atoms with Crippen LogP contribution in [0.4, 0.5) is 0 Å². The quantitative estimate of drug-likeness (QED) is 0.310. The van der Waals surface area contributed by atoms with Gasteiger partial charge < -0.3 is 10.2 Å². The Balaban J connectivity index is 2.22. The second-order valence-corrected chi connectivity index (χ2v) is 10.7. The molecule has 1 fully saturated rings. The molecular formula is C33H38O4.